The Balaban J connectivity index is 0.000000317. The number of nitrogens with two attached hydrogens (primary N) is 1. The third-order valence-electron chi connectivity index (χ3n) is 2.68. The average Bonchev–Trinajstić information content (AvgIpc) is 2.42. The lowest BCUT2D eigenvalue weighted by molar-refractivity contribution is 0.277. The molecule has 6 heteroatoms. The highest BCUT2D eigenvalue weighted by Gasteiger charge is 2.02. The van der Waals surface area contributed by atoms with Crippen molar-refractivity contribution in [1.82, 2.24) is 14.7 Å². The van der Waals surface area contributed by atoms with Crippen molar-refractivity contribution in [3.63, 3.8) is 0 Å². The second-order valence-corrected chi connectivity index (χ2v) is 6.32. The van der Waals surface area contributed by atoms with E-state index in [0.717, 1.165) is 10.6 Å². The first-order valence-electron chi connectivity index (χ1n) is 7.41. The SMILES string of the molecule is CC(C)C.CN1CCCCC1.Cn1ncc(N)c(Cl)c1=O. The van der Waals surface area contributed by atoms with Crippen LogP contribution >= 0.6 is 11.6 Å². The Kier molecular flexibility index (Phi) is 10.1. The van der Waals surface area contributed by atoms with Crippen molar-refractivity contribution in [3.8, 4) is 0 Å². The highest BCUT2D eigenvalue weighted by atomic mass is 35.5. The molecule has 0 bridgehead atoms. The summed E-state index contributed by atoms with van der Waals surface area (Å²) in [6.45, 7) is 9.14. The van der Waals surface area contributed by atoms with Crippen LogP contribution in [0.15, 0.2) is 11.0 Å². The van der Waals surface area contributed by atoms with Crippen LogP contribution in [0.4, 0.5) is 5.69 Å². The highest BCUT2D eigenvalue weighted by molar-refractivity contribution is 6.32. The van der Waals surface area contributed by atoms with E-state index in [-0.39, 0.29) is 16.3 Å². The Labute approximate surface area is 133 Å². The number of rotatable bonds is 0. The topological polar surface area (TPSA) is 64.2 Å². The van der Waals surface area contributed by atoms with E-state index in [9.17, 15) is 4.79 Å². The summed E-state index contributed by atoms with van der Waals surface area (Å²) in [5.74, 6) is 0.833. The van der Waals surface area contributed by atoms with Crippen molar-refractivity contribution < 1.29 is 0 Å². The lowest BCUT2D eigenvalue weighted by Crippen LogP contribution is -2.24. The van der Waals surface area contributed by atoms with Gasteiger partial charge in [0, 0.05) is 7.05 Å². The number of likely N-dealkylation sites (tertiary alicyclic amines) is 1. The molecule has 1 aliphatic rings. The Morgan fingerprint density at radius 1 is 1.19 bits per heavy atom. The van der Waals surface area contributed by atoms with Crippen LogP contribution in [0.25, 0.3) is 0 Å². The van der Waals surface area contributed by atoms with E-state index >= 15 is 0 Å². The van der Waals surface area contributed by atoms with E-state index in [0.29, 0.717) is 0 Å². The van der Waals surface area contributed by atoms with Crippen molar-refractivity contribution in [3.05, 3.63) is 21.6 Å². The lowest BCUT2D eigenvalue weighted by Gasteiger charge is -2.20. The van der Waals surface area contributed by atoms with Gasteiger partial charge < -0.3 is 10.6 Å². The number of aryl methyl sites for hydroxylation is 1. The molecule has 122 valence electrons. The fourth-order valence-corrected chi connectivity index (χ4v) is 1.75. The predicted octanol–water partition coefficient (Wildman–Crippen LogP) is 2.78. The maximum Gasteiger partial charge on any atom is 0.287 e. The highest BCUT2D eigenvalue weighted by Crippen LogP contribution is 2.08. The minimum Gasteiger partial charge on any atom is -0.396 e. The number of hydrogen-bond acceptors (Lipinski definition) is 4. The summed E-state index contributed by atoms with van der Waals surface area (Å²) in [6.07, 6.45) is 5.61. The summed E-state index contributed by atoms with van der Waals surface area (Å²) in [4.78, 5) is 13.3. The number of aromatic nitrogens is 2. The van der Waals surface area contributed by atoms with Gasteiger partial charge in [-0.25, -0.2) is 4.68 Å². The van der Waals surface area contributed by atoms with Crippen LogP contribution in [0.2, 0.25) is 5.02 Å². The second-order valence-electron chi connectivity index (χ2n) is 5.94. The van der Waals surface area contributed by atoms with Crippen LogP contribution in [0.1, 0.15) is 40.0 Å². The minimum absolute atomic E-state index is 0.0255. The van der Waals surface area contributed by atoms with E-state index in [2.05, 4.69) is 37.8 Å². The molecule has 1 fully saturated rings. The van der Waals surface area contributed by atoms with Gasteiger partial charge in [0.15, 0.2) is 0 Å². The quantitative estimate of drug-likeness (QED) is 0.799. The number of anilines is 1. The number of piperidine rings is 1. The van der Waals surface area contributed by atoms with Crippen molar-refractivity contribution in [2.45, 2.75) is 40.0 Å². The minimum atomic E-state index is -0.373. The Morgan fingerprint density at radius 2 is 1.67 bits per heavy atom. The predicted molar refractivity (Wildman–Crippen MR) is 90.8 cm³/mol. The zero-order chi connectivity index (χ0) is 16.4. The van der Waals surface area contributed by atoms with Crippen molar-refractivity contribution in [1.29, 1.82) is 0 Å². The van der Waals surface area contributed by atoms with Crippen LogP contribution in [-0.2, 0) is 7.05 Å². The van der Waals surface area contributed by atoms with Gasteiger partial charge in [0.25, 0.3) is 5.56 Å². The van der Waals surface area contributed by atoms with Crippen molar-refractivity contribution in [2.24, 2.45) is 13.0 Å². The van der Waals surface area contributed by atoms with E-state index < -0.39 is 0 Å². The first-order chi connectivity index (χ1) is 9.75. The Morgan fingerprint density at radius 3 is 2.00 bits per heavy atom. The van der Waals surface area contributed by atoms with Gasteiger partial charge in [0.2, 0.25) is 0 Å². The summed E-state index contributed by atoms with van der Waals surface area (Å²) in [5, 5.41) is 3.66. The molecule has 0 spiro atoms. The smallest absolute Gasteiger partial charge is 0.287 e. The van der Waals surface area contributed by atoms with Crippen LogP contribution in [0.5, 0.6) is 0 Å². The van der Waals surface area contributed by atoms with E-state index in [1.54, 1.807) is 0 Å². The zero-order valence-electron chi connectivity index (χ0n) is 13.9. The number of nitrogens with zero attached hydrogens (tertiary/aromatic N) is 3. The third-order valence-corrected chi connectivity index (χ3v) is 3.06. The molecule has 1 aromatic rings. The summed E-state index contributed by atoms with van der Waals surface area (Å²) < 4.78 is 1.12. The van der Waals surface area contributed by atoms with Crippen LogP contribution < -0.4 is 11.3 Å². The summed E-state index contributed by atoms with van der Waals surface area (Å²) in [5.41, 5.74) is 5.12. The van der Waals surface area contributed by atoms with Gasteiger partial charge in [-0.05, 0) is 38.9 Å². The molecule has 2 heterocycles. The average molecular weight is 317 g/mol. The number of nitrogen functional groups attached to an aromatic ring is 1. The molecule has 2 N–H and O–H groups in total. The summed E-state index contributed by atoms with van der Waals surface area (Å²) in [6, 6.07) is 0. The molecular weight excluding hydrogens is 288 g/mol. The van der Waals surface area contributed by atoms with E-state index in [1.165, 1.54) is 45.6 Å². The fourth-order valence-electron chi connectivity index (χ4n) is 1.58. The fraction of sp³-hybridized carbons (Fsp3) is 0.733. The van der Waals surface area contributed by atoms with Gasteiger partial charge in [0.1, 0.15) is 5.02 Å². The molecule has 1 saturated heterocycles. The van der Waals surface area contributed by atoms with E-state index in [1.807, 2.05) is 0 Å². The molecule has 0 unspecified atom stereocenters. The van der Waals surface area contributed by atoms with E-state index in [4.69, 9.17) is 17.3 Å². The van der Waals surface area contributed by atoms with Crippen LogP contribution in [-0.4, -0.2) is 34.8 Å². The number of halogens is 1. The molecule has 21 heavy (non-hydrogen) atoms. The molecule has 0 atom stereocenters. The van der Waals surface area contributed by atoms with Crippen molar-refractivity contribution >= 4 is 17.3 Å². The lowest BCUT2D eigenvalue weighted by atomic mass is 10.1. The molecule has 2 rings (SSSR count). The Hall–Kier alpha value is -1.07. The number of hydrogen-bond donors (Lipinski definition) is 1. The van der Waals surface area contributed by atoms with Crippen LogP contribution in [0.3, 0.4) is 0 Å². The van der Waals surface area contributed by atoms with Crippen LogP contribution in [0, 0.1) is 5.92 Å². The van der Waals surface area contributed by atoms with Gasteiger partial charge >= 0.3 is 0 Å². The first-order valence-corrected chi connectivity index (χ1v) is 7.79. The Bertz CT molecular complexity index is 451. The standard InChI is InChI=1S/C6H13N.C5H6ClN3O.C4H10/c1-7-5-3-2-4-6-7;1-9-5(10)4(6)3(7)2-8-9;1-4(2)3/h2-6H2,1H3;2H,7H2,1H3;4H,1-3H3. The third kappa shape index (κ3) is 9.47. The van der Waals surface area contributed by atoms with Gasteiger partial charge in [0.05, 0.1) is 11.9 Å². The van der Waals surface area contributed by atoms with Gasteiger partial charge in [-0.2, -0.15) is 5.10 Å². The van der Waals surface area contributed by atoms with Gasteiger partial charge in [-0.3, -0.25) is 4.79 Å². The molecule has 0 saturated carbocycles. The van der Waals surface area contributed by atoms with Gasteiger partial charge in [-0.1, -0.05) is 38.8 Å². The normalized spacial score (nSPS) is 14.8. The molecule has 0 aromatic carbocycles. The monoisotopic (exact) mass is 316 g/mol. The van der Waals surface area contributed by atoms with Gasteiger partial charge in [-0.15, -0.1) is 0 Å². The summed E-state index contributed by atoms with van der Waals surface area (Å²) >= 11 is 5.48. The van der Waals surface area contributed by atoms with Crippen molar-refractivity contribution in [2.75, 3.05) is 25.9 Å². The second kappa shape index (κ2) is 10.6. The molecular formula is C15H29ClN4O. The summed E-state index contributed by atoms with van der Waals surface area (Å²) in [7, 11) is 3.70. The first kappa shape index (κ1) is 19.9. The largest absolute Gasteiger partial charge is 0.396 e. The molecule has 0 radical (unpaired) electrons. The zero-order valence-corrected chi connectivity index (χ0v) is 14.7. The molecule has 1 aliphatic heterocycles. The maximum atomic E-state index is 10.9. The maximum absolute atomic E-state index is 10.9. The molecule has 1 aromatic heterocycles. The molecule has 5 nitrogen and oxygen atoms in total. The molecule has 0 aliphatic carbocycles. The molecule has 0 amide bonds.